The maximum atomic E-state index is 11.3. The lowest BCUT2D eigenvalue weighted by Gasteiger charge is -2.07. The van der Waals surface area contributed by atoms with Crippen molar-refractivity contribution < 1.29 is 14.4 Å². The Morgan fingerprint density at radius 3 is 2.52 bits per heavy atom. The van der Waals surface area contributed by atoms with Gasteiger partial charge in [-0.05, 0) is 33.8 Å². The van der Waals surface area contributed by atoms with Gasteiger partial charge < -0.3 is 9.63 Å². The number of carboxylic acids is 1. The standard InChI is InChI=1S/C15H17N5O3/c1-8-5-13(15(21)22)10(3)20(8)14-11(4)19(18-16-14)7-12-6-9(2)23-17-12/h5-6H,7H2,1-4H3,(H,21,22). The minimum absolute atomic E-state index is 0.267. The molecule has 0 atom stereocenters. The van der Waals surface area contributed by atoms with E-state index in [0.717, 1.165) is 22.8 Å². The van der Waals surface area contributed by atoms with Crippen molar-refractivity contribution in [3.05, 3.63) is 46.2 Å². The Hall–Kier alpha value is -2.90. The van der Waals surface area contributed by atoms with Gasteiger partial charge in [-0.1, -0.05) is 10.4 Å². The van der Waals surface area contributed by atoms with Crippen LogP contribution < -0.4 is 0 Å². The van der Waals surface area contributed by atoms with Crippen LogP contribution in [0, 0.1) is 27.7 Å². The third-order valence-corrected chi connectivity index (χ3v) is 3.82. The highest BCUT2D eigenvalue weighted by Gasteiger charge is 2.20. The fourth-order valence-corrected chi connectivity index (χ4v) is 2.66. The zero-order chi connectivity index (χ0) is 16.7. The van der Waals surface area contributed by atoms with Gasteiger partial charge in [0.1, 0.15) is 11.5 Å². The van der Waals surface area contributed by atoms with Crippen LogP contribution in [-0.2, 0) is 6.54 Å². The van der Waals surface area contributed by atoms with Crippen molar-refractivity contribution >= 4 is 5.97 Å². The first kappa shape index (κ1) is 15.0. The molecule has 0 amide bonds. The van der Waals surface area contributed by atoms with Gasteiger partial charge in [0.2, 0.25) is 0 Å². The Balaban J connectivity index is 2.01. The average molecular weight is 315 g/mol. The van der Waals surface area contributed by atoms with Crippen LogP contribution in [0.15, 0.2) is 16.7 Å². The summed E-state index contributed by atoms with van der Waals surface area (Å²) in [7, 11) is 0. The van der Waals surface area contributed by atoms with E-state index in [1.165, 1.54) is 0 Å². The fraction of sp³-hybridized carbons (Fsp3) is 0.333. The monoisotopic (exact) mass is 315 g/mol. The Morgan fingerprint density at radius 1 is 1.22 bits per heavy atom. The second kappa shape index (κ2) is 5.38. The molecule has 8 nitrogen and oxygen atoms in total. The minimum Gasteiger partial charge on any atom is -0.478 e. The number of carboxylic acid groups (broad SMARTS) is 1. The summed E-state index contributed by atoms with van der Waals surface area (Å²) in [6.07, 6.45) is 0. The first-order valence-corrected chi connectivity index (χ1v) is 7.13. The number of hydrogen-bond acceptors (Lipinski definition) is 5. The lowest BCUT2D eigenvalue weighted by Crippen LogP contribution is -2.07. The van der Waals surface area contributed by atoms with Gasteiger partial charge in [-0.15, -0.1) is 5.10 Å². The Bertz CT molecular complexity index is 887. The van der Waals surface area contributed by atoms with Gasteiger partial charge in [0.05, 0.1) is 17.8 Å². The van der Waals surface area contributed by atoms with E-state index >= 15 is 0 Å². The molecule has 23 heavy (non-hydrogen) atoms. The van der Waals surface area contributed by atoms with E-state index in [2.05, 4.69) is 15.5 Å². The normalized spacial score (nSPS) is 11.1. The number of rotatable bonds is 4. The van der Waals surface area contributed by atoms with Gasteiger partial charge in [0, 0.05) is 17.5 Å². The molecule has 0 fully saturated rings. The van der Waals surface area contributed by atoms with E-state index in [9.17, 15) is 9.90 Å². The smallest absolute Gasteiger partial charge is 0.337 e. The third-order valence-electron chi connectivity index (χ3n) is 3.82. The second-order valence-electron chi connectivity index (χ2n) is 5.51. The van der Waals surface area contributed by atoms with Crippen LogP contribution in [0.3, 0.4) is 0 Å². The molecule has 3 aromatic rings. The molecule has 0 aliphatic rings. The van der Waals surface area contributed by atoms with Crippen molar-refractivity contribution in [2.45, 2.75) is 34.2 Å². The molecule has 0 saturated heterocycles. The van der Waals surface area contributed by atoms with Crippen LogP contribution in [-0.4, -0.2) is 35.8 Å². The summed E-state index contributed by atoms with van der Waals surface area (Å²) in [6, 6.07) is 3.48. The molecule has 0 unspecified atom stereocenters. The van der Waals surface area contributed by atoms with Crippen molar-refractivity contribution in [2.75, 3.05) is 0 Å². The molecule has 0 spiro atoms. The number of nitrogens with zero attached hydrogens (tertiary/aromatic N) is 5. The highest BCUT2D eigenvalue weighted by atomic mass is 16.5. The quantitative estimate of drug-likeness (QED) is 0.791. The van der Waals surface area contributed by atoms with Gasteiger partial charge in [-0.3, -0.25) is 4.57 Å². The number of aromatic carboxylic acids is 1. The number of carbonyl (C=O) groups is 1. The lowest BCUT2D eigenvalue weighted by atomic mass is 10.2. The van der Waals surface area contributed by atoms with Crippen molar-refractivity contribution in [1.29, 1.82) is 0 Å². The zero-order valence-corrected chi connectivity index (χ0v) is 13.4. The fourth-order valence-electron chi connectivity index (χ4n) is 2.66. The SMILES string of the molecule is Cc1cc(Cn2nnc(-n3c(C)cc(C(=O)O)c3C)c2C)no1. The summed E-state index contributed by atoms with van der Waals surface area (Å²) in [4.78, 5) is 11.3. The summed E-state index contributed by atoms with van der Waals surface area (Å²) in [6.45, 7) is 7.77. The predicted octanol–water partition coefficient (Wildman–Crippen LogP) is 2.04. The van der Waals surface area contributed by atoms with E-state index < -0.39 is 5.97 Å². The van der Waals surface area contributed by atoms with Crippen LogP contribution in [0.5, 0.6) is 0 Å². The molecule has 0 aliphatic heterocycles. The molecule has 1 N–H and O–H groups in total. The molecule has 0 saturated carbocycles. The Kier molecular flexibility index (Phi) is 3.51. The summed E-state index contributed by atoms with van der Waals surface area (Å²) >= 11 is 0. The number of aromatic nitrogens is 5. The van der Waals surface area contributed by atoms with Crippen LogP contribution in [0.1, 0.15) is 38.9 Å². The molecule has 3 aromatic heterocycles. The van der Waals surface area contributed by atoms with Gasteiger partial charge >= 0.3 is 5.97 Å². The van der Waals surface area contributed by atoms with Crippen LogP contribution in [0.2, 0.25) is 0 Å². The Labute approximate surface area is 132 Å². The largest absolute Gasteiger partial charge is 0.478 e. The first-order chi connectivity index (χ1) is 10.9. The number of aryl methyl sites for hydroxylation is 2. The van der Waals surface area contributed by atoms with Crippen LogP contribution >= 0.6 is 0 Å². The maximum Gasteiger partial charge on any atom is 0.337 e. The van der Waals surface area contributed by atoms with E-state index in [4.69, 9.17) is 4.52 Å². The van der Waals surface area contributed by atoms with Crippen LogP contribution in [0.4, 0.5) is 0 Å². The van der Waals surface area contributed by atoms with Crippen molar-refractivity contribution in [2.24, 2.45) is 0 Å². The molecule has 0 aromatic carbocycles. The average Bonchev–Trinajstić information content (AvgIpc) is 3.12. The maximum absolute atomic E-state index is 11.3. The van der Waals surface area contributed by atoms with E-state index in [1.54, 1.807) is 22.2 Å². The number of hydrogen-bond donors (Lipinski definition) is 1. The highest BCUT2D eigenvalue weighted by Crippen LogP contribution is 2.22. The molecule has 0 bridgehead atoms. The molecule has 0 aliphatic carbocycles. The van der Waals surface area contributed by atoms with E-state index in [0.29, 0.717) is 18.1 Å². The predicted molar refractivity (Wildman–Crippen MR) is 80.9 cm³/mol. The molecule has 3 heterocycles. The second-order valence-corrected chi connectivity index (χ2v) is 5.51. The summed E-state index contributed by atoms with van der Waals surface area (Å²) in [5.41, 5.74) is 3.27. The molecule has 8 heteroatoms. The highest BCUT2D eigenvalue weighted by molar-refractivity contribution is 5.89. The molecule has 120 valence electrons. The minimum atomic E-state index is -0.951. The molecular formula is C15H17N5O3. The van der Waals surface area contributed by atoms with Gasteiger partial charge in [-0.25, -0.2) is 9.48 Å². The van der Waals surface area contributed by atoms with Crippen molar-refractivity contribution in [1.82, 2.24) is 24.7 Å². The van der Waals surface area contributed by atoms with Gasteiger partial charge in [0.15, 0.2) is 5.82 Å². The summed E-state index contributed by atoms with van der Waals surface area (Å²) < 4.78 is 8.57. The third kappa shape index (κ3) is 2.52. The summed E-state index contributed by atoms with van der Waals surface area (Å²) in [5.74, 6) is 0.404. The molecule has 3 rings (SSSR count). The molecular weight excluding hydrogens is 298 g/mol. The molecule has 0 radical (unpaired) electrons. The lowest BCUT2D eigenvalue weighted by molar-refractivity contribution is 0.0696. The Morgan fingerprint density at radius 2 is 1.96 bits per heavy atom. The van der Waals surface area contributed by atoms with Crippen molar-refractivity contribution in [3.63, 3.8) is 0 Å². The summed E-state index contributed by atoms with van der Waals surface area (Å²) in [5, 5.41) is 21.6. The van der Waals surface area contributed by atoms with Gasteiger partial charge in [-0.2, -0.15) is 0 Å². The van der Waals surface area contributed by atoms with Crippen molar-refractivity contribution in [3.8, 4) is 5.82 Å². The first-order valence-electron chi connectivity index (χ1n) is 7.13. The topological polar surface area (TPSA) is 99.0 Å². The van der Waals surface area contributed by atoms with Crippen LogP contribution in [0.25, 0.3) is 5.82 Å². The van der Waals surface area contributed by atoms with Gasteiger partial charge in [0.25, 0.3) is 0 Å². The van der Waals surface area contributed by atoms with E-state index in [1.807, 2.05) is 26.8 Å². The van der Waals surface area contributed by atoms with E-state index in [-0.39, 0.29) is 5.56 Å². The zero-order valence-electron chi connectivity index (χ0n) is 13.4.